The maximum Gasteiger partial charge on any atom is 0.407 e. The van der Waals surface area contributed by atoms with Crippen LogP contribution in [-0.4, -0.2) is 30.3 Å². The number of alkyl carbamates (subject to hydrolysis) is 1. The summed E-state index contributed by atoms with van der Waals surface area (Å²) in [6, 6.07) is 0.769. The van der Waals surface area contributed by atoms with Gasteiger partial charge in [0.05, 0.1) is 0 Å². The molecule has 3 fully saturated rings. The molecule has 27 heavy (non-hydrogen) atoms. The fraction of sp³-hybridized carbons (Fsp3) is 0.864. The Hall–Kier alpha value is -1.23. The molecule has 0 aromatic heterocycles. The molecule has 0 spiro atoms. The Balaban J connectivity index is 1.41. The number of carbonyl (C=O) groups is 1. The summed E-state index contributed by atoms with van der Waals surface area (Å²) < 4.78 is 5.30. The quantitative estimate of drug-likeness (QED) is 0.625. The van der Waals surface area contributed by atoms with Crippen LogP contribution < -0.4 is 16.4 Å². The molecule has 1 amide bonds. The Bertz CT molecular complexity index is 524. The number of nitrogens with one attached hydrogen (secondary N) is 2. The molecule has 0 saturated heterocycles. The van der Waals surface area contributed by atoms with Crippen LogP contribution in [0, 0.1) is 17.8 Å². The maximum atomic E-state index is 11.7. The molecule has 0 heterocycles. The molecule has 5 heteroatoms. The van der Waals surface area contributed by atoms with Crippen LogP contribution in [0.2, 0.25) is 0 Å². The highest BCUT2D eigenvalue weighted by molar-refractivity contribution is 5.67. The number of amides is 1. The van der Waals surface area contributed by atoms with Gasteiger partial charge >= 0.3 is 6.09 Å². The van der Waals surface area contributed by atoms with E-state index >= 15 is 0 Å². The highest BCUT2D eigenvalue weighted by atomic mass is 16.6. The van der Waals surface area contributed by atoms with Crippen molar-refractivity contribution in [2.45, 2.75) is 96.2 Å². The smallest absolute Gasteiger partial charge is 0.407 e. The summed E-state index contributed by atoms with van der Waals surface area (Å²) in [5, 5.41) is 6.55. The van der Waals surface area contributed by atoms with Gasteiger partial charge in [-0.05, 0) is 88.8 Å². The third-order valence-corrected chi connectivity index (χ3v) is 6.25. The third-order valence-electron chi connectivity index (χ3n) is 6.25. The second kappa shape index (κ2) is 8.85. The van der Waals surface area contributed by atoms with Crippen LogP contribution in [0.15, 0.2) is 11.8 Å². The van der Waals surface area contributed by atoms with Crippen molar-refractivity contribution in [2.24, 2.45) is 23.5 Å². The molecule has 3 saturated carbocycles. The predicted octanol–water partition coefficient (Wildman–Crippen LogP) is 4.08. The van der Waals surface area contributed by atoms with Crippen molar-refractivity contribution in [1.82, 2.24) is 10.6 Å². The molecule has 3 rings (SSSR count). The number of carbonyl (C=O) groups excluding carboxylic acids is 1. The highest BCUT2D eigenvalue weighted by Crippen LogP contribution is 2.40. The van der Waals surface area contributed by atoms with Gasteiger partial charge in [-0.2, -0.15) is 0 Å². The van der Waals surface area contributed by atoms with Gasteiger partial charge in [0.1, 0.15) is 5.60 Å². The zero-order valence-electron chi connectivity index (χ0n) is 17.4. The average molecular weight is 378 g/mol. The molecule has 5 nitrogen and oxygen atoms in total. The Labute approximate surface area is 164 Å². The summed E-state index contributed by atoms with van der Waals surface area (Å²) in [5.41, 5.74) is 7.63. The Morgan fingerprint density at radius 2 is 1.81 bits per heavy atom. The van der Waals surface area contributed by atoms with Crippen LogP contribution in [0.25, 0.3) is 0 Å². The lowest BCUT2D eigenvalue weighted by atomic mass is 9.79. The van der Waals surface area contributed by atoms with Gasteiger partial charge in [-0.15, -0.1) is 0 Å². The summed E-state index contributed by atoms with van der Waals surface area (Å²) in [7, 11) is 0. The van der Waals surface area contributed by atoms with Crippen LogP contribution in [0.1, 0.15) is 78.6 Å². The first-order valence-electron chi connectivity index (χ1n) is 11.0. The molecule has 0 aliphatic heterocycles. The maximum absolute atomic E-state index is 11.7. The SMILES string of the molecule is CC(C)(C)OC(=O)NCC1CC(N/C=C(/C2CCCCC2)C(N)C2CC2)C1. The molecule has 4 N–H and O–H groups in total. The van der Waals surface area contributed by atoms with Crippen LogP contribution in [0.5, 0.6) is 0 Å². The van der Waals surface area contributed by atoms with Crippen molar-refractivity contribution < 1.29 is 9.53 Å². The van der Waals surface area contributed by atoms with Gasteiger partial charge in [0.2, 0.25) is 0 Å². The van der Waals surface area contributed by atoms with Crippen LogP contribution >= 0.6 is 0 Å². The van der Waals surface area contributed by atoms with Gasteiger partial charge < -0.3 is 21.1 Å². The Morgan fingerprint density at radius 1 is 1.15 bits per heavy atom. The Morgan fingerprint density at radius 3 is 2.41 bits per heavy atom. The molecule has 0 bridgehead atoms. The number of nitrogens with two attached hydrogens (primary N) is 1. The number of hydrogen-bond donors (Lipinski definition) is 3. The van der Waals surface area contributed by atoms with E-state index in [2.05, 4.69) is 16.8 Å². The van der Waals surface area contributed by atoms with Crippen molar-refractivity contribution in [2.75, 3.05) is 6.54 Å². The highest BCUT2D eigenvalue weighted by Gasteiger charge is 2.35. The van der Waals surface area contributed by atoms with Gasteiger partial charge in [0.15, 0.2) is 0 Å². The molecule has 0 aromatic carbocycles. The van der Waals surface area contributed by atoms with Crippen molar-refractivity contribution in [3.8, 4) is 0 Å². The average Bonchev–Trinajstić information content (AvgIpc) is 3.40. The normalized spacial score (nSPS) is 28.2. The lowest BCUT2D eigenvalue weighted by Crippen LogP contribution is -2.45. The standard InChI is InChI=1S/C22H39N3O2/c1-22(2,3)27-21(26)25-13-15-11-18(12-15)24-14-19(20(23)17-9-10-17)16-7-5-4-6-8-16/h14-18,20,24H,4-13,23H2,1-3H3,(H,25,26)/b19-14-. The van der Waals surface area contributed by atoms with E-state index in [-0.39, 0.29) is 12.1 Å². The molecule has 0 aromatic rings. The summed E-state index contributed by atoms with van der Waals surface area (Å²) in [6.45, 7) is 6.36. The second-order valence-electron chi connectivity index (χ2n) is 9.93. The van der Waals surface area contributed by atoms with Crippen molar-refractivity contribution >= 4 is 6.09 Å². The van der Waals surface area contributed by atoms with E-state index in [1.807, 2.05) is 20.8 Å². The van der Waals surface area contributed by atoms with Gasteiger partial charge in [0.25, 0.3) is 0 Å². The van der Waals surface area contributed by atoms with Gasteiger partial charge in [0, 0.05) is 18.6 Å². The van der Waals surface area contributed by atoms with E-state index in [9.17, 15) is 4.79 Å². The largest absolute Gasteiger partial charge is 0.444 e. The number of hydrogen-bond acceptors (Lipinski definition) is 4. The van der Waals surface area contributed by atoms with E-state index in [0.29, 0.717) is 30.3 Å². The van der Waals surface area contributed by atoms with Crippen molar-refractivity contribution in [3.05, 3.63) is 11.8 Å². The molecule has 1 unspecified atom stereocenters. The minimum atomic E-state index is -0.436. The minimum Gasteiger partial charge on any atom is -0.444 e. The van der Waals surface area contributed by atoms with Crippen LogP contribution in [-0.2, 0) is 4.74 Å². The molecule has 154 valence electrons. The summed E-state index contributed by atoms with van der Waals surface area (Å²) in [4.78, 5) is 11.7. The fourth-order valence-corrected chi connectivity index (χ4v) is 4.44. The zero-order chi connectivity index (χ0) is 19.4. The summed E-state index contributed by atoms with van der Waals surface area (Å²) >= 11 is 0. The first kappa shape index (κ1) is 20.5. The lowest BCUT2D eigenvalue weighted by molar-refractivity contribution is 0.0505. The van der Waals surface area contributed by atoms with Crippen molar-refractivity contribution in [3.63, 3.8) is 0 Å². The molecule has 0 radical (unpaired) electrons. The molecular formula is C22H39N3O2. The molecule has 3 aliphatic rings. The van der Waals surface area contributed by atoms with E-state index in [0.717, 1.165) is 12.8 Å². The number of rotatable bonds is 7. The number of ether oxygens (including phenoxy) is 1. The van der Waals surface area contributed by atoms with E-state index < -0.39 is 5.60 Å². The summed E-state index contributed by atoms with van der Waals surface area (Å²) in [6.07, 6.45) is 13.5. The van der Waals surface area contributed by atoms with E-state index in [1.165, 1.54) is 50.5 Å². The second-order valence-corrected chi connectivity index (χ2v) is 9.93. The Kier molecular flexibility index (Phi) is 6.72. The van der Waals surface area contributed by atoms with Crippen LogP contribution in [0.4, 0.5) is 4.79 Å². The predicted molar refractivity (Wildman–Crippen MR) is 109 cm³/mol. The van der Waals surface area contributed by atoms with E-state index in [4.69, 9.17) is 10.5 Å². The first-order valence-corrected chi connectivity index (χ1v) is 11.0. The third kappa shape index (κ3) is 6.41. The van der Waals surface area contributed by atoms with Gasteiger partial charge in [-0.1, -0.05) is 19.3 Å². The van der Waals surface area contributed by atoms with E-state index in [1.54, 1.807) is 0 Å². The monoisotopic (exact) mass is 377 g/mol. The molecule has 1 atom stereocenters. The van der Waals surface area contributed by atoms with Crippen LogP contribution in [0.3, 0.4) is 0 Å². The lowest BCUT2D eigenvalue weighted by Gasteiger charge is -2.37. The fourth-order valence-electron chi connectivity index (χ4n) is 4.44. The topological polar surface area (TPSA) is 76.4 Å². The van der Waals surface area contributed by atoms with Gasteiger partial charge in [-0.3, -0.25) is 0 Å². The van der Waals surface area contributed by atoms with Gasteiger partial charge in [-0.25, -0.2) is 4.79 Å². The molecule has 3 aliphatic carbocycles. The first-order chi connectivity index (χ1) is 12.8. The van der Waals surface area contributed by atoms with Crippen molar-refractivity contribution in [1.29, 1.82) is 0 Å². The minimum absolute atomic E-state index is 0.255. The summed E-state index contributed by atoms with van der Waals surface area (Å²) in [5.74, 6) is 1.94. The molecular weight excluding hydrogens is 338 g/mol. The zero-order valence-corrected chi connectivity index (χ0v) is 17.4.